The van der Waals surface area contributed by atoms with Crippen LogP contribution in [0.25, 0.3) is 0 Å². The van der Waals surface area contributed by atoms with Gasteiger partial charge in [-0.05, 0) is 35.9 Å². The molecule has 0 aliphatic carbocycles. The van der Waals surface area contributed by atoms with Crippen molar-refractivity contribution >= 4 is 21.8 Å². The van der Waals surface area contributed by atoms with Gasteiger partial charge in [-0.1, -0.05) is 28.1 Å². The van der Waals surface area contributed by atoms with Crippen LogP contribution >= 0.6 is 15.9 Å². The van der Waals surface area contributed by atoms with Crippen molar-refractivity contribution in [2.45, 2.75) is 6.54 Å². The number of carbonyl (C=O) groups is 1. The average Bonchev–Trinajstić information content (AvgIpc) is 2.68. The van der Waals surface area contributed by atoms with E-state index < -0.39 is 0 Å². The molecule has 2 aromatic rings. The van der Waals surface area contributed by atoms with Crippen LogP contribution in [-0.4, -0.2) is 31.1 Å². The van der Waals surface area contributed by atoms with Crippen molar-refractivity contribution in [1.29, 1.82) is 0 Å². The van der Waals surface area contributed by atoms with Crippen LogP contribution in [0, 0.1) is 0 Å². The minimum Gasteiger partial charge on any atom is -0.497 e. The molecule has 3 rings (SSSR count). The lowest BCUT2D eigenvalue weighted by Gasteiger charge is -2.20. The van der Waals surface area contributed by atoms with Crippen LogP contribution in [-0.2, 0) is 6.54 Å². The molecule has 4 nitrogen and oxygen atoms in total. The number of benzene rings is 2. The Morgan fingerprint density at radius 1 is 1.23 bits per heavy atom. The number of halogens is 1. The van der Waals surface area contributed by atoms with E-state index in [1.165, 1.54) is 0 Å². The number of amides is 1. The maximum absolute atomic E-state index is 12.7. The highest BCUT2D eigenvalue weighted by Gasteiger charge is 2.23. The van der Waals surface area contributed by atoms with E-state index in [1.54, 1.807) is 13.2 Å². The fourth-order valence-electron chi connectivity index (χ4n) is 2.43. The second-order valence-corrected chi connectivity index (χ2v) is 5.98. The number of carbonyl (C=O) groups excluding carboxylic acids is 1. The molecule has 1 amide bonds. The molecule has 114 valence electrons. The Labute approximate surface area is 137 Å². The molecule has 0 aromatic heterocycles. The van der Waals surface area contributed by atoms with Crippen molar-refractivity contribution < 1.29 is 14.3 Å². The topological polar surface area (TPSA) is 38.8 Å². The van der Waals surface area contributed by atoms with E-state index in [-0.39, 0.29) is 5.91 Å². The first-order valence-electron chi connectivity index (χ1n) is 7.02. The smallest absolute Gasteiger partial charge is 0.258 e. The molecular weight excluding hydrogens is 346 g/mol. The third-order valence-electron chi connectivity index (χ3n) is 3.61. The van der Waals surface area contributed by atoms with E-state index in [1.807, 2.05) is 41.3 Å². The summed E-state index contributed by atoms with van der Waals surface area (Å²) >= 11 is 3.40. The number of fused-ring (bicyclic) bond motifs is 1. The van der Waals surface area contributed by atoms with Gasteiger partial charge in [0, 0.05) is 11.0 Å². The summed E-state index contributed by atoms with van der Waals surface area (Å²) in [4.78, 5) is 14.5. The Morgan fingerprint density at radius 3 is 2.73 bits per heavy atom. The van der Waals surface area contributed by atoms with Gasteiger partial charge in [0.25, 0.3) is 5.91 Å². The maximum atomic E-state index is 12.7. The van der Waals surface area contributed by atoms with Gasteiger partial charge in [-0.15, -0.1) is 0 Å². The molecule has 1 heterocycles. The summed E-state index contributed by atoms with van der Waals surface area (Å²) in [5.74, 6) is 1.44. The van der Waals surface area contributed by atoms with Gasteiger partial charge in [-0.3, -0.25) is 4.79 Å². The molecule has 0 bridgehead atoms. The fraction of sp³-hybridized carbons (Fsp3) is 0.235. The van der Waals surface area contributed by atoms with Crippen LogP contribution in [0.3, 0.4) is 0 Å². The van der Waals surface area contributed by atoms with Crippen LogP contribution in [0.5, 0.6) is 11.5 Å². The molecule has 0 radical (unpaired) electrons. The van der Waals surface area contributed by atoms with Gasteiger partial charge in [-0.2, -0.15) is 0 Å². The molecular formula is C17H16BrNO3. The molecule has 0 saturated carbocycles. The number of methoxy groups -OCH3 is 1. The van der Waals surface area contributed by atoms with Gasteiger partial charge in [0.1, 0.15) is 18.1 Å². The predicted octanol–water partition coefficient (Wildman–Crippen LogP) is 3.49. The molecule has 5 heteroatoms. The summed E-state index contributed by atoms with van der Waals surface area (Å²) in [5.41, 5.74) is 1.67. The molecule has 22 heavy (non-hydrogen) atoms. The lowest BCUT2D eigenvalue weighted by molar-refractivity contribution is 0.0743. The van der Waals surface area contributed by atoms with Crippen molar-refractivity contribution in [3.8, 4) is 11.5 Å². The minimum atomic E-state index is -0.00387. The first-order valence-corrected chi connectivity index (χ1v) is 7.81. The zero-order chi connectivity index (χ0) is 15.5. The van der Waals surface area contributed by atoms with E-state index in [0.29, 0.717) is 31.0 Å². The summed E-state index contributed by atoms with van der Waals surface area (Å²) in [7, 11) is 1.64. The summed E-state index contributed by atoms with van der Waals surface area (Å²) in [6.45, 7) is 1.62. The van der Waals surface area contributed by atoms with Crippen molar-refractivity contribution in [1.82, 2.24) is 4.90 Å². The van der Waals surface area contributed by atoms with Gasteiger partial charge in [0.2, 0.25) is 0 Å². The van der Waals surface area contributed by atoms with Gasteiger partial charge in [-0.25, -0.2) is 0 Å². The van der Waals surface area contributed by atoms with E-state index in [9.17, 15) is 4.79 Å². The number of hydrogen-bond acceptors (Lipinski definition) is 3. The first-order chi connectivity index (χ1) is 10.7. The van der Waals surface area contributed by atoms with Gasteiger partial charge in [0.15, 0.2) is 0 Å². The van der Waals surface area contributed by atoms with Gasteiger partial charge >= 0.3 is 0 Å². The molecule has 0 saturated heterocycles. The zero-order valence-electron chi connectivity index (χ0n) is 12.2. The third kappa shape index (κ3) is 3.09. The summed E-state index contributed by atoms with van der Waals surface area (Å²) in [6.07, 6.45) is 0. The largest absolute Gasteiger partial charge is 0.497 e. The van der Waals surface area contributed by atoms with E-state index in [4.69, 9.17) is 9.47 Å². The zero-order valence-corrected chi connectivity index (χ0v) is 13.8. The molecule has 1 aliphatic heterocycles. The first kappa shape index (κ1) is 14.9. The van der Waals surface area contributed by atoms with Gasteiger partial charge < -0.3 is 14.4 Å². The van der Waals surface area contributed by atoms with Crippen molar-refractivity contribution in [3.05, 3.63) is 58.1 Å². The molecule has 0 atom stereocenters. The fourth-order valence-corrected chi connectivity index (χ4v) is 2.77. The molecule has 0 unspecified atom stereocenters. The van der Waals surface area contributed by atoms with E-state index in [0.717, 1.165) is 15.8 Å². The number of hydrogen-bond donors (Lipinski definition) is 0. The molecule has 0 N–H and O–H groups in total. The minimum absolute atomic E-state index is 0.00387. The van der Waals surface area contributed by atoms with E-state index >= 15 is 0 Å². The molecule has 1 aliphatic rings. The standard InChI is InChI=1S/C17H16BrNO3/c1-21-14-5-2-12(3-6-14)11-19-8-9-22-16-10-13(18)4-7-15(16)17(19)20/h2-7,10H,8-9,11H2,1H3. The molecule has 0 fully saturated rings. The lowest BCUT2D eigenvalue weighted by Crippen LogP contribution is -2.31. The van der Waals surface area contributed by atoms with Crippen LogP contribution < -0.4 is 9.47 Å². The van der Waals surface area contributed by atoms with Gasteiger partial charge in [0.05, 0.1) is 19.2 Å². The molecule has 2 aromatic carbocycles. The second kappa shape index (κ2) is 6.40. The van der Waals surface area contributed by atoms with E-state index in [2.05, 4.69) is 15.9 Å². The quantitative estimate of drug-likeness (QED) is 0.839. The average molecular weight is 362 g/mol. The SMILES string of the molecule is COc1ccc(CN2CCOc3cc(Br)ccc3C2=O)cc1. The number of nitrogens with zero attached hydrogens (tertiary/aromatic N) is 1. The highest BCUT2D eigenvalue weighted by molar-refractivity contribution is 9.10. The Kier molecular flexibility index (Phi) is 4.34. The Balaban J connectivity index is 1.82. The Morgan fingerprint density at radius 2 is 2.00 bits per heavy atom. The number of rotatable bonds is 3. The Hall–Kier alpha value is -2.01. The van der Waals surface area contributed by atoms with Crippen LogP contribution in [0.2, 0.25) is 0 Å². The Bertz CT molecular complexity index is 685. The number of ether oxygens (including phenoxy) is 2. The highest BCUT2D eigenvalue weighted by atomic mass is 79.9. The van der Waals surface area contributed by atoms with Crippen LogP contribution in [0.1, 0.15) is 15.9 Å². The lowest BCUT2D eigenvalue weighted by atomic mass is 10.1. The summed E-state index contributed by atoms with van der Waals surface area (Å²) < 4.78 is 11.7. The monoisotopic (exact) mass is 361 g/mol. The van der Waals surface area contributed by atoms with Crippen molar-refractivity contribution in [2.75, 3.05) is 20.3 Å². The maximum Gasteiger partial charge on any atom is 0.258 e. The molecule has 0 spiro atoms. The van der Waals surface area contributed by atoms with Crippen LogP contribution in [0.15, 0.2) is 46.9 Å². The van der Waals surface area contributed by atoms with Crippen LogP contribution in [0.4, 0.5) is 0 Å². The highest BCUT2D eigenvalue weighted by Crippen LogP contribution is 2.27. The normalized spacial score (nSPS) is 14.1. The predicted molar refractivity (Wildman–Crippen MR) is 87.4 cm³/mol. The second-order valence-electron chi connectivity index (χ2n) is 5.06. The third-order valence-corrected chi connectivity index (χ3v) is 4.11. The summed E-state index contributed by atoms with van der Waals surface area (Å²) in [6, 6.07) is 13.2. The van der Waals surface area contributed by atoms with Crippen molar-refractivity contribution in [3.63, 3.8) is 0 Å². The van der Waals surface area contributed by atoms with Crippen molar-refractivity contribution in [2.24, 2.45) is 0 Å². The summed E-state index contributed by atoms with van der Waals surface area (Å²) in [5, 5.41) is 0.